The van der Waals surface area contributed by atoms with Crippen LogP contribution in [0.5, 0.6) is 0 Å². The van der Waals surface area contributed by atoms with Crippen LogP contribution in [-0.4, -0.2) is 10.9 Å². The Morgan fingerprint density at radius 1 is 1.33 bits per heavy atom. The lowest BCUT2D eigenvalue weighted by atomic mass is 10.1. The van der Waals surface area contributed by atoms with E-state index in [-0.39, 0.29) is 0 Å². The Hall–Kier alpha value is -0.710. The standard InChI is InChI=1S/C14H17BrN2S/c1-10(2)8-16-9-13-7-14(17-18-13)11-4-3-5-12(15)6-11/h3-7,10,16H,8-9H2,1-2H3. The first-order valence-electron chi connectivity index (χ1n) is 6.07. The first-order chi connectivity index (χ1) is 8.65. The van der Waals surface area contributed by atoms with Crippen molar-refractivity contribution in [3.8, 4) is 11.3 Å². The van der Waals surface area contributed by atoms with E-state index >= 15 is 0 Å². The molecule has 0 spiro atoms. The van der Waals surface area contributed by atoms with Crippen molar-refractivity contribution in [1.82, 2.24) is 9.69 Å². The van der Waals surface area contributed by atoms with Gasteiger partial charge in [-0.2, -0.15) is 4.37 Å². The van der Waals surface area contributed by atoms with Crippen molar-refractivity contribution in [2.24, 2.45) is 5.92 Å². The second-order valence-corrected chi connectivity index (χ2v) is 6.52. The van der Waals surface area contributed by atoms with Gasteiger partial charge in [-0.25, -0.2) is 0 Å². The smallest absolute Gasteiger partial charge is 0.0844 e. The van der Waals surface area contributed by atoms with Crippen LogP contribution in [0.3, 0.4) is 0 Å². The normalized spacial score (nSPS) is 11.1. The molecule has 0 amide bonds. The zero-order chi connectivity index (χ0) is 13.0. The van der Waals surface area contributed by atoms with Crippen LogP contribution in [0.1, 0.15) is 18.7 Å². The molecule has 1 aromatic carbocycles. The highest BCUT2D eigenvalue weighted by molar-refractivity contribution is 9.10. The van der Waals surface area contributed by atoms with Crippen LogP contribution in [0.25, 0.3) is 11.3 Å². The molecule has 0 unspecified atom stereocenters. The number of rotatable bonds is 5. The number of halogens is 1. The zero-order valence-corrected chi connectivity index (χ0v) is 13.0. The van der Waals surface area contributed by atoms with Gasteiger partial charge in [0.05, 0.1) is 5.69 Å². The number of nitrogens with zero attached hydrogens (tertiary/aromatic N) is 1. The van der Waals surface area contributed by atoms with E-state index in [0.29, 0.717) is 5.92 Å². The van der Waals surface area contributed by atoms with E-state index in [1.165, 1.54) is 4.88 Å². The van der Waals surface area contributed by atoms with Crippen LogP contribution < -0.4 is 5.32 Å². The van der Waals surface area contributed by atoms with E-state index < -0.39 is 0 Å². The molecule has 1 aromatic heterocycles. The topological polar surface area (TPSA) is 24.9 Å². The number of aromatic nitrogens is 1. The lowest BCUT2D eigenvalue weighted by Crippen LogP contribution is -2.18. The molecule has 0 atom stereocenters. The summed E-state index contributed by atoms with van der Waals surface area (Å²) in [6, 6.07) is 10.4. The number of benzene rings is 1. The van der Waals surface area contributed by atoms with Crippen LogP contribution in [0.4, 0.5) is 0 Å². The summed E-state index contributed by atoms with van der Waals surface area (Å²) < 4.78 is 5.60. The average molecular weight is 325 g/mol. The lowest BCUT2D eigenvalue weighted by molar-refractivity contribution is 0.555. The third-order valence-corrected chi connectivity index (χ3v) is 3.81. The van der Waals surface area contributed by atoms with Crippen molar-refractivity contribution in [2.45, 2.75) is 20.4 Å². The van der Waals surface area contributed by atoms with Crippen LogP contribution in [0.2, 0.25) is 0 Å². The minimum Gasteiger partial charge on any atom is -0.312 e. The van der Waals surface area contributed by atoms with Crippen molar-refractivity contribution < 1.29 is 0 Å². The van der Waals surface area contributed by atoms with Gasteiger partial charge in [0.15, 0.2) is 0 Å². The van der Waals surface area contributed by atoms with E-state index in [1.807, 2.05) is 12.1 Å². The molecule has 0 aliphatic heterocycles. The summed E-state index contributed by atoms with van der Waals surface area (Å²) in [5.41, 5.74) is 2.22. The molecular weight excluding hydrogens is 308 g/mol. The highest BCUT2D eigenvalue weighted by Crippen LogP contribution is 2.24. The Morgan fingerprint density at radius 3 is 2.89 bits per heavy atom. The van der Waals surface area contributed by atoms with E-state index in [2.05, 4.69) is 57.7 Å². The van der Waals surface area contributed by atoms with E-state index in [9.17, 15) is 0 Å². The molecule has 0 fully saturated rings. The maximum absolute atomic E-state index is 4.51. The van der Waals surface area contributed by atoms with Gasteiger partial charge in [-0.15, -0.1) is 0 Å². The SMILES string of the molecule is CC(C)CNCc1cc(-c2cccc(Br)c2)ns1. The average Bonchev–Trinajstić information content (AvgIpc) is 2.77. The molecule has 0 radical (unpaired) electrons. The molecule has 0 aliphatic rings. The summed E-state index contributed by atoms with van der Waals surface area (Å²) in [6.45, 7) is 6.38. The monoisotopic (exact) mass is 324 g/mol. The van der Waals surface area contributed by atoms with Crippen LogP contribution in [0.15, 0.2) is 34.8 Å². The van der Waals surface area contributed by atoms with Gasteiger partial charge in [-0.3, -0.25) is 0 Å². The van der Waals surface area contributed by atoms with Crippen LogP contribution >= 0.6 is 27.5 Å². The Bertz CT molecular complexity index is 508. The fraction of sp³-hybridized carbons (Fsp3) is 0.357. The van der Waals surface area contributed by atoms with Crippen molar-refractivity contribution >= 4 is 27.5 Å². The summed E-state index contributed by atoms with van der Waals surface area (Å²) in [6.07, 6.45) is 0. The number of hydrogen-bond acceptors (Lipinski definition) is 3. The molecule has 0 aliphatic carbocycles. The first kappa shape index (κ1) is 13.7. The Morgan fingerprint density at radius 2 is 2.17 bits per heavy atom. The van der Waals surface area contributed by atoms with Gasteiger partial charge in [0.2, 0.25) is 0 Å². The maximum atomic E-state index is 4.51. The predicted molar refractivity (Wildman–Crippen MR) is 81.8 cm³/mol. The second kappa shape index (κ2) is 6.45. The molecular formula is C14H17BrN2S. The van der Waals surface area contributed by atoms with E-state index in [1.54, 1.807) is 11.5 Å². The summed E-state index contributed by atoms with van der Waals surface area (Å²) in [7, 11) is 0. The fourth-order valence-electron chi connectivity index (χ4n) is 1.66. The highest BCUT2D eigenvalue weighted by Gasteiger charge is 2.05. The Labute approximate surface area is 121 Å². The number of nitrogens with one attached hydrogen (secondary N) is 1. The Kier molecular flexibility index (Phi) is 4.92. The predicted octanol–water partition coefficient (Wildman–Crippen LogP) is 4.32. The molecule has 1 N–H and O–H groups in total. The van der Waals surface area contributed by atoms with Crippen molar-refractivity contribution in [1.29, 1.82) is 0 Å². The number of hydrogen-bond donors (Lipinski definition) is 1. The van der Waals surface area contributed by atoms with E-state index in [0.717, 1.165) is 28.8 Å². The van der Waals surface area contributed by atoms with Crippen LogP contribution in [-0.2, 0) is 6.54 Å². The highest BCUT2D eigenvalue weighted by atomic mass is 79.9. The van der Waals surface area contributed by atoms with Gasteiger partial charge >= 0.3 is 0 Å². The summed E-state index contributed by atoms with van der Waals surface area (Å²) >= 11 is 5.06. The van der Waals surface area contributed by atoms with Crippen molar-refractivity contribution in [3.05, 3.63) is 39.7 Å². The molecule has 0 saturated carbocycles. The van der Waals surface area contributed by atoms with Crippen molar-refractivity contribution in [2.75, 3.05) is 6.54 Å². The third kappa shape index (κ3) is 3.90. The second-order valence-electron chi connectivity index (χ2n) is 4.71. The molecule has 4 heteroatoms. The summed E-state index contributed by atoms with van der Waals surface area (Å²) in [4.78, 5) is 1.28. The minimum absolute atomic E-state index is 0.683. The third-order valence-electron chi connectivity index (χ3n) is 2.53. The largest absolute Gasteiger partial charge is 0.312 e. The first-order valence-corrected chi connectivity index (χ1v) is 7.64. The molecule has 1 heterocycles. The minimum atomic E-state index is 0.683. The van der Waals surface area contributed by atoms with Gasteiger partial charge in [-0.1, -0.05) is 41.9 Å². The molecule has 2 rings (SSSR count). The molecule has 0 bridgehead atoms. The summed E-state index contributed by atoms with van der Waals surface area (Å²) in [5.74, 6) is 0.683. The molecule has 2 aromatic rings. The van der Waals surface area contributed by atoms with Gasteiger partial charge in [0, 0.05) is 21.5 Å². The molecule has 2 nitrogen and oxygen atoms in total. The van der Waals surface area contributed by atoms with Gasteiger partial charge < -0.3 is 5.32 Å². The molecule has 0 saturated heterocycles. The van der Waals surface area contributed by atoms with Gasteiger partial charge in [-0.05, 0) is 42.2 Å². The fourth-order valence-corrected chi connectivity index (χ4v) is 2.77. The maximum Gasteiger partial charge on any atom is 0.0844 e. The Balaban J connectivity index is 2.02. The van der Waals surface area contributed by atoms with Crippen molar-refractivity contribution in [3.63, 3.8) is 0 Å². The summed E-state index contributed by atoms with van der Waals surface area (Å²) in [5, 5.41) is 3.44. The molecule has 18 heavy (non-hydrogen) atoms. The van der Waals surface area contributed by atoms with Gasteiger partial charge in [0.1, 0.15) is 0 Å². The van der Waals surface area contributed by atoms with E-state index in [4.69, 9.17) is 0 Å². The molecule has 96 valence electrons. The lowest BCUT2D eigenvalue weighted by Gasteiger charge is -2.04. The quantitative estimate of drug-likeness (QED) is 0.886. The van der Waals surface area contributed by atoms with Gasteiger partial charge in [0.25, 0.3) is 0 Å². The zero-order valence-electron chi connectivity index (χ0n) is 10.6. The van der Waals surface area contributed by atoms with Crippen LogP contribution in [0, 0.1) is 5.92 Å².